The van der Waals surface area contributed by atoms with E-state index in [0.717, 1.165) is 30.0 Å². The number of amides is 1. The first-order chi connectivity index (χ1) is 22.6. The average Bonchev–Trinajstić information content (AvgIpc) is 3.05. The normalized spacial score (nSPS) is 19.7. The van der Waals surface area contributed by atoms with Gasteiger partial charge in [0.05, 0.1) is 36.3 Å². The van der Waals surface area contributed by atoms with Crippen LogP contribution in [-0.2, 0) is 17.8 Å². The molecular formula is C38H49N7O2. The lowest BCUT2D eigenvalue weighted by Crippen LogP contribution is -2.58. The van der Waals surface area contributed by atoms with Crippen LogP contribution in [0, 0.1) is 24.2 Å². The Morgan fingerprint density at radius 1 is 1.17 bits per heavy atom. The van der Waals surface area contributed by atoms with Crippen molar-refractivity contribution in [3.8, 4) is 12.1 Å². The van der Waals surface area contributed by atoms with E-state index in [1.165, 1.54) is 47.4 Å². The van der Waals surface area contributed by atoms with Crippen molar-refractivity contribution in [2.75, 3.05) is 49.6 Å². The van der Waals surface area contributed by atoms with E-state index in [0.29, 0.717) is 50.8 Å². The summed E-state index contributed by atoms with van der Waals surface area (Å²) in [6.07, 6.45) is 6.12. The Morgan fingerprint density at radius 3 is 2.62 bits per heavy atom. The molecule has 1 amide bonds. The quantitative estimate of drug-likeness (QED) is 0.255. The second-order valence-electron chi connectivity index (χ2n) is 14.1. The maximum atomic E-state index is 12.7. The highest BCUT2D eigenvalue weighted by atomic mass is 16.5. The van der Waals surface area contributed by atoms with Crippen molar-refractivity contribution in [2.24, 2.45) is 5.92 Å². The van der Waals surface area contributed by atoms with E-state index in [9.17, 15) is 10.1 Å². The molecule has 3 aromatic rings. The molecule has 2 fully saturated rings. The first kappa shape index (κ1) is 32.8. The van der Waals surface area contributed by atoms with Gasteiger partial charge < -0.3 is 19.4 Å². The largest absolute Gasteiger partial charge is 0.461 e. The van der Waals surface area contributed by atoms with Crippen molar-refractivity contribution in [2.45, 2.75) is 84.0 Å². The molecule has 2 aliphatic heterocycles. The number of likely N-dealkylation sites (N-methyl/N-ethyl adjacent to an activating group) is 1. The molecule has 9 nitrogen and oxygen atoms in total. The van der Waals surface area contributed by atoms with Crippen LogP contribution < -0.4 is 14.5 Å². The minimum atomic E-state index is -0.242. The Labute approximate surface area is 279 Å². The van der Waals surface area contributed by atoms with Crippen LogP contribution in [0.4, 0.5) is 11.5 Å². The fraction of sp³-hybridized carbons (Fsp3) is 0.526. The van der Waals surface area contributed by atoms with Crippen molar-refractivity contribution in [3.63, 3.8) is 0 Å². The van der Waals surface area contributed by atoms with Gasteiger partial charge in [-0.2, -0.15) is 15.2 Å². The van der Waals surface area contributed by atoms with Gasteiger partial charge in [-0.25, -0.2) is 0 Å². The zero-order valence-electron chi connectivity index (χ0n) is 28.7. The number of anilines is 2. The number of carbonyl (C=O) groups excluding carboxylic acids is 1. The van der Waals surface area contributed by atoms with Crippen LogP contribution in [0.1, 0.15) is 63.3 Å². The number of hydrogen-bond acceptors (Lipinski definition) is 8. The Hall–Kier alpha value is -4.16. The van der Waals surface area contributed by atoms with Gasteiger partial charge in [0.1, 0.15) is 12.4 Å². The standard InChI is InChI=1S/C38H49N7O2/c1-7-34(46)45-22-21-44(23-30(45)17-19-39)36-31-18-20-43(33-16-9-13-28-12-8-11-27(4)35(28)33)24-32(31)40-37(41-36)47-25-38(5,26(2)3)42(6)29-14-10-15-29/h7-9,11-13,16,26,29-30H,1,10,14-15,17-18,20-25H2,2-6H3/t30-,38?/m0/s1. The molecule has 0 bridgehead atoms. The van der Waals surface area contributed by atoms with E-state index < -0.39 is 0 Å². The monoisotopic (exact) mass is 635 g/mol. The Bertz CT molecular complexity index is 1670. The van der Waals surface area contributed by atoms with E-state index >= 15 is 0 Å². The third-order valence-corrected chi connectivity index (χ3v) is 11.2. The SMILES string of the molecule is C=CC(=O)N1CCN(c2nc(OCC(C)(C(C)C)N(C)C3CCC3)nc3c2CCN(c2cccc4cccc(C)c24)C3)C[C@@H]1CC#N. The highest BCUT2D eigenvalue weighted by Gasteiger charge is 2.40. The number of rotatable bonds is 10. The molecule has 1 saturated carbocycles. The molecule has 47 heavy (non-hydrogen) atoms. The molecule has 248 valence electrons. The smallest absolute Gasteiger partial charge is 0.318 e. The summed E-state index contributed by atoms with van der Waals surface area (Å²) >= 11 is 0. The summed E-state index contributed by atoms with van der Waals surface area (Å²) < 4.78 is 6.61. The highest BCUT2D eigenvalue weighted by molar-refractivity contribution is 5.97. The molecule has 3 aliphatic rings. The van der Waals surface area contributed by atoms with Gasteiger partial charge in [0.25, 0.3) is 0 Å². The summed E-state index contributed by atoms with van der Waals surface area (Å²) in [5.41, 5.74) is 4.40. The number of hydrogen-bond donors (Lipinski definition) is 0. The van der Waals surface area contributed by atoms with Gasteiger partial charge in [0.2, 0.25) is 5.91 Å². The fourth-order valence-electron chi connectivity index (χ4n) is 7.50. The predicted octanol–water partition coefficient (Wildman–Crippen LogP) is 5.90. The van der Waals surface area contributed by atoms with Gasteiger partial charge in [-0.15, -0.1) is 0 Å². The molecule has 0 spiro atoms. The van der Waals surface area contributed by atoms with Crippen LogP contribution >= 0.6 is 0 Å². The number of benzene rings is 2. The van der Waals surface area contributed by atoms with E-state index in [2.05, 4.69) is 98.5 Å². The summed E-state index contributed by atoms with van der Waals surface area (Å²) in [6, 6.07) is 16.0. The number of aromatic nitrogens is 2. The van der Waals surface area contributed by atoms with Gasteiger partial charge >= 0.3 is 6.01 Å². The maximum absolute atomic E-state index is 12.7. The van der Waals surface area contributed by atoms with Gasteiger partial charge in [-0.3, -0.25) is 9.69 Å². The van der Waals surface area contributed by atoms with Crippen LogP contribution in [0.5, 0.6) is 6.01 Å². The minimum absolute atomic E-state index is 0.136. The van der Waals surface area contributed by atoms with Gasteiger partial charge in [-0.05, 0) is 69.2 Å². The molecule has 1 aromatic heterocycles. The van der Waals surface area contributed by atoms with Crippen molar-refractivity contribution >= 4 is 28.2 Å². The first-order valence-electron chi connectivity index (χ1n) is 17.2. The van der Waals surface area contributed by atoms with Crippen LogP contribution in [0.15, 0.2) is 49.1 Å². The summed E-state index contributed by atoms with van der Waals surface area (Å²) in [5, 5.41) is 12.1. The van der Waals surface area contributed by atoms with Crippen molar-refractivity contribution < 1.29 is 9.53 Å². The predicted molar refractivity (Wildman–Crippen MR) is 188 cm³/mol. The van der Waals surface area contributed by atoms with Crippen LogP contribution in [-0.4, -0.2) is 83.1 Å². The Morgan fingerprint density at radius 2 is 1.94 bits per heavy atom. The van der Waals surface area contributed by atoms with E-state index in [4.69, 9.17) is 14.7 Å². The van der Waals surface area contributed by atoms with Gasteiger partial charge in [-0.1, -0.05) is 57.2 Å². The number of nitriles is 1. The minimum Gasteiger partial charge on any atom is -0.461 e. The molecule has 2 atom stereocenters. The second-order valence-corrected chi connectivity index (χ2v) is 14.1. The molecule has 1 aliphatic carbocycles. The summed E-state index contributed by atoms with van der Waals surface area (Å²) in [4.78, 5) is 31.8. The van der Waals surface area contributed by atoms with Crippen molar-refractivity contribution in [3.05, 3.63) is 65.9 Å². The van der Waals surface area contributed by atoms with Crippen molar-refractivity contribution in [1.82, 2.24) is 19.8 Å². The highest BCUT2D eigenvalue weighted by Crippen LogP contribution is 2.37. The lowest BCUT2D eigenvalue weighted by atomic mass is 9.82. The summed E-state index contributed by atoms with van der Waals surface area (Å²) in [7, 11) is 2.23. The van der Waals surface area contributed by atoms with Gasteiger partial charge in [0.15, 0.2) is 0 Å². The zero-order valence-corrected chi connectivity index (χ0v) is 28.7. The Kier molecular flexibility index (Phi) is 9.43. The number of fused-ring (bicyclic) bond motifs is 2. The van der Waals surface area contributed by atoms with Crippen LogP contribution in [0.25, 0.3) is 10.8 Å². The average molecular weight is 636 g/mol. The number of carbonyl (C=O) groups is 1. The Balaban J connectivity index is 1.36. The third kappa shape index (κ3) is 6.28. The molecule has 1 saturated heterocycles. The summed E-state index contributed by atoms with van der Waals surface area (Å²) in [5.74, 6) is 1.10. The maximum Gasteiger partial charge on any atom is 0.318 e. The lowest BCUT2D eigenvalue weighted by molar-refractivity contribution is -0.128. The first-order valence-corrected chi connectivity index (χ1v) is 17.2. The van der Waals surface area contributed by atoms with Crippen LogP contribution in [0.3, 0.4) is 0 Å². The molecule has 1 unspecified atom stereocenters. The molecule has 6 rings (SSSR count). The van der Waals surface area contributed by atoms with Crippen molar-refractivity contribution in [1.29, 1.82) is 5.26 Å². The molecule has 3 heterocycles. The third-order valence-electron chi connectivity index (χ3n) is 11.2. The second kappa shape index (κ2) is 13.5. The van der Waals surface area contributed by atoms with E-state index in [1.807, 2.05) is 0 Å². The topological polar surface area (TPSA) is 88.8 Å². The molecule has 0 radical (unpaired) electrons. The zero-order chi connectivity index (χ0) is 33.3. The number of ether oxygens (including phenoxy) is 1. The molecule has 9 heteroatoms. The van der Waals surface area contributed by atoms with E-state index in [-0.39, 0.29) is 23.9 Å². The molecular weight excluding hydrogens is 586 g/mol. The molecule has 2 aromatic carbocycles. The molecule has 0 N–H and O–H groups in total. The van der Waals surface area contributed by atoms with Gasteiger partial charge in [0, 0.05) is 48.9 Å². The number of nitrogens with zero attached hydrogens (tertiary/aromatic N) is 7. The number of aryl methyl sites for hydroxylation is 1. The lowest BCUT2D eigenvalue weighted by Gasteiger charge is -2.48. The summed E-state index contributed by atoms with van der Waals surface area (Å²) in [6.45, 7) is 16.3. The van der Waals surface area contributed by atoms with E-state index in [1.54, 1.807) is 4.90 Å². The fourth-order valence-corrected chi connectivity index (χ4v) is 7.50. The van der Waals surface area contributed by atoms with Crippen LogP contribution in [0.2, 0.25) is 0 Å². The number of piperazine rings is 1.